The van der Waals surface area contributed by atoms with E-state index in [0.29, 0.717) is 30.7 Å². The molecular formula is C25H29N9O7. The molecule has 4 heterocycles. The number of carbonyl (C=O) groups excluding carboxylic acids is 2. The van der Waals surface area contributed by atoms with Gasteiger partial charge >= 0.3 is 11.4 Å². The highest BCUT2D eigenvalue weighted by Crippen LogP contribution is 2.21. The maximum Gasteiger partial charge on any atom is 0.419 e. The zero-order valence-corrected chi connectivity index (χ0v) is 21.8. The smallest absolute Gasteiger partial charge is 0.378 e. The molecule has 5 rings (SSSR count). The predicted molar refractivity (Wildman–Crippen MR) is 147 cm³/mol. The minimum absolute atomic E-state index is 0.0415. The number of nitrogen functional groups attached to an aromatic ring is 1. The first kappa shape index (κ1) is 27.8. The van der Waals surface area contributed by atoms with Gasteiger partial charge in [-0.15, -0.1) is 0 Å². The largest absolute Gasteiger partial charge is 0.419 e. The summed E-state index contributed by atoms with van der Waals surface area (Å²) in [5.41, 5.74) is 12.0. The highest BCUT2D eigenvalue weighted by Gasteiger charge is 2.38. The Hall–Kier alpha value is -4.80. The minimum atomic E-state index is -0.931. The molecule has 1 aromatic carbocycles. The molecule has 0 bridgehead atoms. The van der Waals surface area contributed by atoms with E-state index in [1.165, 1.54) is 23.1 Å². The van der Waals surface area contributed by atoms with Crippen molar-refractivity contribution in [2.45, 2.75) is 25.0 Å². The Bertz CT molecular complexity index is 1770. The first-order valence-corrected chi connectivity index (χ1v) is 12.9. The van der Waals surface area contributed by atoms with Crippen LogP contribution in [0, 0.1) is 0 Å². The fraction of sp³-hybridized carbons (Fsp3) is 0.360. The fourth-order valence-corrected chi connectivity index (χ4v) is 4.83. The second kappa shape index (κ2) is 11.7. The molecule has 2 amide bonds. The molecule has 0 spiro atoms. The van der Waals surface area contributed by atoms with E-state index in [4.69, 9.17) is 16.2 Å². The normalized spacial score (nSPS) is 17.0. The standard InChI is InChI=1S/C25H29N9O7/c26-14-8-17(34(11-14)22(37)12-1-2-15-16(7-12)31-25(39)41-23(15)38)20(35)29-4-6-40-5-3-28-9-13-10-30-19-18(13)21(36)33-24(27)32-19/h1-2,7,10,14,17,28H,3-6,8-9,11,26H2,(H,29,35)(H,31,39)(H4,27,30,32,33,36)/t14-,17-/m0/s1. The summed E-state index contributed by atoms with van der Waals surface area (Å²) in [6, 6.07) is 3.03. The molecule has 1 fully saturated rings. The average Bonchev–Trinajstić information content (AvgIpc) is 3.52. The van der Waals surface area contributed by atoms with E-state index in [1.54, 1.807) is 6.20 Å². The van der Waals surface area contributed by atoms with Crippen LogP contribution in [0.1, 0.15) is 22.3 Å². The van der Waals surface area contributed by atoms with E-state index < -0.39 is 23.3 Å². The molecule has 216 valence electrons. The molecule has 0 aliphatic carbocycles. The van der Waals surface area contributed by atoms with Crippen molar-refractivity contribution in [3.8, 4) is 0 Å². The van der Waals surface area contributed by atoms with Gasteiger partial charge < -0.3 is 41.1 Å². The zero-order valence-electron chi connectivity index (χ0n) is 21.8. The average molecular weight is 568 g/mol. The van der Waals surface area contributed by atoms with Crippen molar-refractivity contribution in [3.05, 3.63) is 66.8 Å². The van der Waals surface area contributed by atoms with Gasteiger partial charge in [0.05, 0.1) is 29.5 Å². The van der Waals surface area contributed by atoms with Crippen molar-refractivity contribution in [2.75, 3.05) is 38.6 Å². The van der Waals surface area contributed by atoms with Crippen LogP contribution in [0.5, 0.6) is 0 Å². The quantitative estimate of drug-likeness (QED) is 0.104. The number of rotatable bonds is 10. The van der Waals surface area contributed by atoms with Gasteiger partial charge in [-0.1, -0.05) is 0 Å². The molecular weight excluding hydrogens is 538 g/mol. The second-order valence-corrected chi connectivity index (χ2v) is 9.60. The number of likely N-dealkylation sites (tertiary alicyclic amines) is 1. The number of carbonyl (C=O) groups is 2. The molecule has 1 aliphatic rings. The monoisotopic (exact) mass is 567 g/mol. The van der Waals surface area contributed by atoms with Crippen LogP contribution in [0.4, 0.5) is 5.95 Å². The van der Waals surface area contributed by atoms with E-state index in [2.05, 4.69) is 35.0 Å². The van der Waals surface area contributed by atoms with E-state index in [9.17, 15) is 24.0 Å². The number of nitrogens with two attached hydrogens (primary N) is 2. The third-order valence-electron chi connectivity index (χ3n) is 6.73. The van der Waals surface area contributed by atoms with Crippen molar-refractivity contribution in [2.24, 2.45) is 5.73 Å². The molecule has 1 saturated heterocycles. The van der Waals surface area contributed by atoms with Gasteiger partial charge in [-0.25, -0.2) is 9.59 Å². The number of anilines is 1. The number of aromatic nitrogens is 4. The number of hydrogen-bond donors (Lipinski definition) is 7. The maximum absolute atomic E-state index is 13.2. The highest BCUT2D eigenvalue weighted by atomic mass is 16.5. The zero-order chi connectivity index (χ0) is 29.1. The first-order valence-electron chi connectivity index (χ1n) is 12.9. The summed E-state index contributed by atoms with van der Waals surface area (Å²) < 4.78 is 10.1. The van der Waals surface area contributed by atoms with Crippen LogP contribution in [0.15, 0.2) is 43.2 Å². The van der Waals surface area contributed by atoms with E-state index in [1.807, 2.05) is 0 Å². The lowest BCUT2D eigenvalue weighted by Crippen LogP contribution is -2.46. The van der Waals surface area contributed by atoms with Crippen molar-refractivity contribution in [3.63, 3.8) is 0 Å². The van der Waals surface area contributed by atoms with Crippen molar-refractivity contribution in [1.29, 1.82) is 0 Å². The number of fused-ring (bicyclic) bond motifs is 2. The lowest BCUT2D eigenvalue weighted by molar-refractivity contribution is -0.125. The summed E-state index contributed by atoms with van der Waals surface area (Å²) in [6.07, 6.45) is 1.98. The van der Waals surface area contributed by atoms with Gasteiger partial charge in [0.1, 0.15) is 11.7 Å². The Morgan fingerprint density at radius 3 is 2.80 bits per heavy atom. The van der Waals surface area contributed by atoms with Gasteiger partial charge in [-0.2, -0.15) is 4.98 Å². The molecule has 3 aromatic heterocycles. The summed E-state index contributed by atoms with van der Waals surface area (Å²) in [5, 5.41) is 6.52. The van der Waals surface area contributed by atoms with Gasteiger partial charge in [-0.05, 0) is 30.2 Å². The SMILES string of the molecule is Nc1nc2[nH]cc(CNCCOCCNC(=O)[C@@H]3C[C@H](N)CN3C(=O)c3ccc4c(=O)oc(=O)[nH]c4c3)c2c(=O)[nH]1. The van der Waals surface area contributed by atoms with Gasteiger partial charge in [0.2, 0.25) is 11.9 Å². The van der Waals surface area contributed by atoms with Crippen LogP contribution < -0.4 is 39.0 Å². The maximum atomic E-state index is 13.2. The van der Waals surface area contributed by atoms with Gasteiger partial charge in [-0.3, -0.25) is 24.4 Å². The molecule has 41 heavy (non-hydrogen) atoms. The number of benzene rings is 1. The second-order valence-electron chi connectivity index (χ2n) is 9.60. The Morgan fingerprint density at radius 2 is 1.98 bits per heavy atom. The number of aromatic amines is 3. The molecule has 9 N–H and O–H groups in total. The van der Waals surface area contributed by atoms with Crippen LogP contribution in [0.2, 0.25) is 0 Å². The van der Waals surface area contributed by atoms with Crippen LogP contribution >= 0.6 is 0 Å². The van der Waals surface area contributed by atoms with E-state index in [-0.39, 0.29) is 66.0 Å². The third kappa shape index (κ3) is 6.03. The third-order valence-corrected chi connectivity index (χ3v) is 6.73. The Labute approximate surface area is 230 Å². The molecule has 0 saturated carbocycles. The number of ether oxygens (including phenoxy) is 1. The topological polar surface area (TPSA) is 247 Å². The fourth-order valence-electron chi connectivity index (χ4n) is 4.83. The van der Waals surface area contributed by atoms with Gasteiger partial charge in [0, 0.05) is 44.0 Å². The van der Waals surface area contributed by atoms with Crippen LogP contribution in [-0.4, -0.2) is 81.6 Å². The molecule has 16 heteroatoms. The number of nitrogens with zero attached hydrogens (tertiary/aromatic N) is 2. The van der Waals surface area contributed by atoms with Crippen molar-refractivity contribution in [1.82, 2.24) is 35.5 Å². The number of H-pyrrole nitrogens is 3. The highest BCUT2D eigenvalue weighted by molar-refractivity contribution is 6.00. The Kier molecular flexibility index (Phi) is 7.95. The van der Waals surface area contributed by atoms with Crippen molar-refractivity contribution < 1.29 is 18.7 Å². The molecule has 1 aliphatic heterocycles. The number of hydrogen-bond acceptors (Lipinski definition) is 11. The van der Waals surface area contributed by atoms with Gasteiger partial charge in [0.15, 0.2) is 0 Å². The molecule has 0 radical (unpaired) electrons. The Balaban J connectivity index is 1.07. The number of amides is 2. The number of nitrogens with one attached hydrogen (secondary N) is 5. The molecule has 4 aromatic rings. The summed E-state index contributed by atoms with van der Waals surface area (Å²) in [7, 11) is 0. The van der Waals surface area contributed by atoms with Crippen LogP contribution in [-0.2, 0) is 16.1 Å². The molecule has 2 atom stereocenters. The first-order chi connectivity index (χ1) is 19.7. The van der Waals surface area contributed by atoms with E-state index >= 15 is 0 Å². The summed E-state index contributed by atoms with van der Waals surface area (Å²) in [6.45, 7) is 1.93. The Morgan fingerprint density at radius 1 is 1.17 bits per heavy atom. The summed E-state index contributed by atoms with van der Waals surface area (Å²) in [4.78, 5) is 74.8. The summed E-state index contributed by atoms with van der Waals surface area (Å²) in [5.74, 6) is -1.70. The lowest BCUT2D eigenvalue weighted by atomic mass is 10.1. The lowest BCUT2D eigenvalue weighted by Gasteiger charge is -2.24. The molecule has 16 nitrogen and oxygen atoms in total. The molecule has 0 unspecified atom stereocenters. The minimum Gasteiger partial charge on any atom is -0.378 e. The van der Waals surface area contributed by atoms with Crippen molar-refractivity contribution >= 4 is 39.7 Å². The van der Waals surface area contributed by atoms with Gasteiger partial charge in [0.25, 0.3) is 11.5 Å². The van der Waals surface area contributed by atoms with Crippen LogP contribution in [0.25, 0.3) is 21.9 Å². The van der Waals surface area contributed by atoms with Crippen LogP contribution in [0.3, 0.4) is 0 Å². The predicted octanol–water partition coefficient (Wildman–Crippen LogP) is -1.91. The van der Waals surface area contributed by atoms with E-state index in [0.717, 1.165) is 5.56 Å². The summed E-state index contributed by atoms with van der Waals surface area (Å²) >= 11 is 0.